The lowest BCUT2D eigenvalue weighted by Crippen LogP contribution is -2.40. The Morgan fingerprint density at radius 2 is 1.83 bits per heavy atom. The zero-order valence-electron chi connectivity index (χ0n) is 14.5. The fraction of sp³-hybridized carbons (Fsp3) is 0.611. The molecule has 1 saturated heterocycles. The molecule has 0 bridgehead atoms. The minimum Gasteiger partial charge on any atom is -0.343 e. The molecule has 0 aromatic heterocycles. The van der Waals surface area contributed by atoms with Crippen LogP contribution in [0.15, 0.2) is 35.3 Å². The highest BCUT2D eigenvalue weighted by Crippen LogP contribution is 2.14. The maximum atomic E-state index is 12.2. The first-order chi connectivity index (χ1) is 11.0. The molecule has 0 spiro atoms. The molecule has 1 heterocycles. The van der Waals surface area contributed by atoms with Crippen LogP contribution in [-0.2, 0) is 10.8 Å². The molecule has 1 aliphatic rings. The van der Waals surface area contributed by atoms with E-state index in [4.69, 9.17) is 4.99 Å². The third kappa shape index (κ3) is 5.98. The molecule has 1 aromatic carbocycles. The Bertz CT molecular complexity index is 531. The van der Waals surface area contributed by atoms with Gasteiger partial charge in [0.1, 0.15) is 0 Å². The Morgan fingerprint density at radius 3 is 2.43 bits per heavy atom. The third-order valence-corrected chi connectivity index (χ3v) is 5.83. The van der Waals surface area contributed by atoms with E-state index in [1.807, 2.05) is 51.1 Å². The number of likely N-dealkylation sites (tertiary alicyclic amines) is 1. The highest BCUT2D eigenvalue weighted by atomic mass is 32.2. The van der Waals surface area contributed by atoms with Gasteiger partial charge >= 0.3 is 0 Å². The fourth-order valence-electron chi connectivity index (χ4n) is 2.52. The number of piperidine rings is 1. The molecule has 1 atom stereocenters. The van der Waals surface area contributed by atoms with Gasteiger partial charge < -0.3 is 10.2 Å². The number of hydrogen-bond acceptors (Lipinski definition) is 2. The van der Waals surface area contributed by atoms with E-state index < -0.39 is 10.8 Å². The van der Waals surface area contributed by atoms with Crippen LogP contribution in [-0.4, -0.2) is 45.2 Å². The van der Waals surface area contributed by atoms with Crippen LogP contribution in [0, 0.1) is 0 Å². The van der Waals surface area contributed by atoms with Crippen molar-refractivity contribution in [1.29, 1.82) is 0 Å². The zero-order valence-corrected chi connectivity index (χ0v) is 15.4. The number of benzene rings is 1. The summed E-state index contributed by atoms with van der Waals surface area (Å²) in [4.78, 5) is 7.05. The minimum atomic E-state index is -0.859. The normalized spacial score (nSPS) is 17.9. The summed E-state index contributed by atoms with van der Waals surface area (Å²) in [5, 5.41) is 3.44. The van der Waals surface area contributed by atoms with Crippen molar-refractivity contribution in [2.45, 2.75) is 44.8 Å². The van der Waals surface area contributed by atoms with Crippen molar-refractivity contribution in [1.82, 2.24) is 4.90 Å². The molecular weight excluding hydrogens is 306 g/mol. The molecule has 0 radical (unpaired) electrons. The molecule has 23 heavy (non-hydrogen) atoms. The van der Waals surface area contributed by atoms with Crippen LogP contribution in [0.3, 0.4) is 0 Å². The standard InChI is InChI=1S/C18H29N3OS/c1-18(2,3)23(22)15-12-19-17(21-13-8-5-9-14-21)20-16-10-6-4-7-11-16/h4,6-7,10-11H,5,8-9,12-15H2,1-3H3,(H,19,20). The quantitative estimate of drug-likeness (QED) is 0.677. The van der Waals surface area contributed by atoms with Crippen LogP contribution in [0.25, 0.3) is 0 Å². The van der Waals surface area contributed by atoms with E-state index in [1.165, 1.54) is 19.3 Å². The van der Waals surface area contributed by atoms with Crippen molar-refractivity contribution < 1.29 is 4.21 Å². The number of anilines is 1. The molecule has 1 N–H and O–H groups in total. The van der Waals surface area contributed by atoms with Crippen LogP contribution < -0.4 is 5.32 Å². The van der Waals surface area contributed by atoms with Crippen LogP contribution in [0.4, 0.5) is 5.69 Å². The van der Waals surface area contributed by atoms with Crippen molar-refractivity contribution in [3.05, 3.63) is 30.3 Å². The number of rotatable bonds is 4. The van der Waals surface area contributed by atoms with E-state index >= 15 is 0 Å². The van der Waals surface area contributed by atoms with Gasteiger partial charge in [-0.3, -0.25) is 9.20 Å². The molecular formula is C18H29N3OS. The molecule has 0 aliphatic carbocycles. The lowest BCUT2D eigenvalue weighted by Gasteiger charge is -2.30. The van der Waals surface area contributed by atoms with Crippen molar-refractivity contribution in [3.8, 4) is 0 Å². The molecule has 2 rings (SSSR count). The summed E-state index contributed by atoms with van der Waals surface area (Å²) in [5.74, 6) is 1.53. The second-order valence-corrected chi connectivity index (χ2v) is 9.23. The summed E-state index contributed by atoms with van der Waals surface area (Å²) in [6.07, 6.45) is 3.72. The summed E-state index contributed by atoms with van der Waals surface area (Å²) in [7, 11) is -0.859. The number of nitrogens with one attached hydrogen (secondary N) is 1. The van der Waals surface area contributed by atoms with Crippen molar-refractivity contribution in [2.24, 2.45) is 4.99 Å². The van der Waals surface area contributed by atoms with Crippen LogP contribution in [0.5, 0.6) is 0 Å². The SMILES string of the molecule is CC(C)(C)S(=O)CCN=C(Nc1ccccc1)N1CCCCC1. The average molecular weight is 336 g/mol. The van der Waals surface area contributed by atoms with Crippen molar-refractivity contribution >= 4 is 22.4 Å². The van der Waals surface area contributed by atoms with Crippen LogP contribution in [0.2, 0.25) is 0 Å². The predicted molar refractivity (Wildman–Crippen MR) is 101 cm³/mol. The highest BCUT2D eigenvalue weighted by Gasteiger charge is 2.19. The molecule has 1 unspecified atom stereocenters. The van der Waals surface area contributed by atoms with Gasteiger partial charge in [0, 0.05) is 40.1 Å². The summed E-state index contributed by atoms with van der Waals surface area (Å²) in [6.45, 7) is 8.72. The Morgan fingerprint density at radius 1 is 1.17 bits per heavy atom. The molecule has 1 fully saturated rings. The minimum absolute atomic E-state index is 0.173. The molecule has 1 aliphatic heterocycles. The van der Waals surface area contributed by atoms with Gasteiger partial charge in [-0.2, -0.15) is 0 Å². The van der Waals surface area contributed by atoms with Gasteiger partial charge in [-0.25, -0.2) is 0 Å². The molecule has 0 saturated carbocycles. The number of para-hydroxylation sites is 1. The van der Waals surface area contributed by atoms with Gasteiger partial charge in [0.25, 0.3) is 0 Å². The van der Waals surface area contributed by atoms with Gasteiger partial charge in [0.2, 0.25) is 0 Å². The van der Waals surface area contributed by atoms with Gasteiger partial charge in [0.05, 0.1) is 6.54 Å². The van der Waals surface area contributed by atoms with E-state index in [2.05, 4.69) is 10.2 Å². The van der Waals surface area contributed by atoms with Gasteiger partial charge in [-0.1, -0.05) is 18.2 Å². The molecule has 128 valence electrons. The predicted octanol–water partition coefficient (Wildman–Crippen LogP) is 3.49. The lowest BCUT2D eigenvalue weighted by atomic mass is 10.1. The Kier molecular flexibility index (Phi) is 6.63. The molecule has 1 aromatic rings. The smallest absolute Gasteiger partial charge is 0.198 e. The summed E-state index contributed by atoms with van der Waals surface area (Å²) >= 11 is 0. The first-order valence-corrected chi connectivity index (χ1v) is 9.78. The Labute approximate surface area is 142 Å². The number of nitrogens with zero attached hydrogens (tertiary/aromatic N) is 2. The molecule has 4 nitrogen and oxygen atoms in total. The number of guanidine groups is 1. The van der Waals surface area contributed by atoms with E-state index in [1.54, 1.807) is 0 Å². The van der Waals surface area contributed by atoms with Crippen molar-refractivity contribution in [3.63, 3.8) is 0 Å². The summed E-state index contributed by atoms with van der Waals surface area (Å²) < 4.78 is 12.0. The van der Waals surface area contributed by atoms with Gasteiger partial charge in [-0.05, 0) is 52.2 Å². The average Bonchev–Trinajstić information content (AvgIpc) is 2.54. The van der Waals surface area contributed by atoms with Crippen molar-refractivity contribution in [2.75, 3.05) is 30.7 Å². The fourth-order valence-corrected chi connectivity index (χ4v) is 3.39. The monoisotopic (exact) mass is 335 g/mol. The first-order valence-electron chi connectivity index (χ1n) is 8.47. The third-order valence-electron chi connectivity index (χ3n) is 3.91. The lowest BCUT2D eigenvalue weighted by molar-refractivity contribution is 0.340. The summed E-state index contributed by atoms with van der Waals surface area (Å²) in [5.41, 5.74) is 1.05. The molecule has 5 heteroatoms. The van der Waals surface area contributed by atoms with Crippen LogP contribution >= 0.6 is 0 Å². The second-order valence-electron chi connectivity index (χ2n) is 6.91. The van der Waals surface area contributed by atoms with E-state index in [-0.39, 0.29) is 4.75 Å². The Hall–Kier alpha value is -1.36. The first kappa shape index (κ1) is 18.0. The van der Waals surface area contributed by atoms with Gasteiger partial charge in [-0.15, -0.1) is 0 Å². The Balaban J connectivity index is 2.03. The van der Waals surface area contributed by atoms with E-state index in [0.29, 0.717) is 12.3 Å². The maximum Gasteiger partial charge on any atom is 0.198 e. The van der Waals surface area contributed by atoms with E-state index in [9.17, 15) is 4.21 Å². The zero-order chi connectivity index (χ0) is 16.7. The second kappa shape index (κ2) is 8.48. The summed E-state index contributed by atoms with van der Waals surface area (Å²) in [6, 6.07) is 10.1. The van der Waals surface area contributed by atoms with Crippen LogP contribution in [0.1, 0.15) is 40.0 Å². The number of aliphatic imine (C=N–C) groups is 1. The topological polar surface area (TPSA) is 44.7 Å². The maximum absolute atomic E-state index is 12.2. The van der Waals surface area contributed by atoms with E-state index in [0.717, 1.165) is 24.7 Å². The highest BCUT2D eigenvalue weighted by molar-refractivity contribution is 7.86. The number of hydrogen-bond donors (Lipinski definition) is 1. The largest absolute Gasteiger partial charge is 0.343 e. The molecule has 0 amide bonds. The van der Waals surface area contributed by atoms with Gasteiger partial charge in [0.15, 0.2) is 5.96 Å².